The third kappa shape index (κ3) is 2.69. The molecular formula is C13H18N2OS. The molecule has 0 amide bonds. The number of aryl methyl sites for hydroxylation is 3. The van der Waals surface area contributed by atoms with Gasteiger partial charge in [0, 0.05) is 10.9 Å². The van der Waals surface area contributed by atoms with Crippen LogP contribution in [0, 0.1) is 13.8 Å². The topological polar surface area (TPSA) is 38.1 Å². The summed E-state index contributed by atoms with van der Waals surface area (Å²) >= 11 is 1.66. The molecule has 0 aliphatic rings. The summed E-state index contributed by atoms with van der Waals surface area (Å²) in [5.41, 5.74) is 2.35. The third-order valence-corrected chi connectivity index (χ3v) is 3.62. The van der Waals surface area contributed by atoms with Crippen LogP contribution < -0.4 is 5.32 Å². The average Bonchev–Trinajstić information content (AvgIpc) is 2.85. The van der Waals surface area contributed by atoms with Crippen LogP contribution in [0.4, 0.5) is 5.13 Å². The van der Waals surface area contributed by atoms with Gasteiger partial charge in [-0.05, 0) is 33.3 Å². The summed E-state index contributed by atoms with van der Waals surface area (Å²) in [7, 11) is 0. The standard InChI is InChI=1S/C13H18N2OS/c1-5-11-7-17-13(15-11)14-9(3)12-6-8(2)16-10(12)4/h6-7,9H,5H2,1-4H3,(H,14,15). The zero-order chi connectivity index (χ0) is 12.4. The average molecular weight is 250 g/mol. The van der Waals surface area contributed by atoms with Gasteiger partial charge in [0.05, 0.1) is 11.7 Å². The SMILES string of the molecule is CCc1csc(NC(C)c2cc(C)oc2C)n1. The molecule has 0 aliphatic heterocycles. The molecular weight excluding hydrogens is 232 g/mol. The minimum atomic E-state index is 0.225. The molecule has 0 radical (unpaired) electrons. The van der Waals surface area contributed by atoms with Crippen LogP contribution in [0.3, 0.4) is 0 Å². The largest absolute Gasteiger partial charge is 0.466 e. The molecule has 0 spiro atoms. The summed E-state index contributed by atoms with van der Waals surface area (Å²) in [6, 6.07) is 2.31. The first kappa shape index (κ1) is 12.2. The highest BCUT2D eigenvalue weighted by Gasteiger charge is 2.13. The van der Waals surface area contributed by atoms with E-state index in [9.17, 15) is 0 Å². The van der Waals surface area contributed by atoms with Crippen molar-refractivity contribution < 1.29 is 4.42 Å². The van der Waals surface area contributed by atoms with E-state index in [1.165, 1.54) is 5.56 Å². The molecule has 2 aromatic rings. The van der Waals surface area contributed by atoms with E-state index in [0.29, 0.717) is 0 Å². The minimum absolute atomic E-state index is 0.225. The summed E-state index contributed by atoms with van der Waals surface area (Å²) in [6.07, 6.45) is 0.983. The molecule has 0 saturated heterocycles. The van der Waals surface area contributed by atoms with E-state index in [-0.39, 0.29) is 6.04 Å². The minimum Gasteiger partial charge on any atom is -0.466 e. The predicted octanol–water partition coefficient (Wildman–Crippen LogP) is 4.09. The first-order chi connectivity index (χ1) is 8.10. The van der Waals surface area contributed by atoms with Crippen LogP contribution in [0.1, 0.15) is 42.7 Å². The van der Waals surface area contributed by atoms with E-state index in [1.807, 2.05) is 13.8 Å². The van der Waals surface area contributed by atoms with E-state index >= 15 is 0 Å². The summed E-state index contributed by atoms with van der Waals surface area (Å²) in [6.45, 7) is 8.22. The molecule has 2 rings (SSSR count). The van der Waals surface area contributed by atoms with Crippen LogP contribution in [0.15, 0.2) is 15.9 Å². The molecule has 0 bridgehead atoms. The lowest BCUT2D eigenvalue weighted by Crippen LogP contribution is -2.06. The Bertz CT molecular complexity index is 501. The fourth-order valence-corrected chi connectivity index (χ4v) is 2.76. The Morgan fingerprint density at radius 2 is 2.24 bits per heavy atom. The van der Waals surface area contributed by atoms with E-state index in [2.05, 4.69) is 35.6 Å². The number of anilines is 1. The molecule has 0 aromatic carbocycles. The summed E-state index contributed by atoms with van der Waals surface area (Å²) in [4.78, 5) is 4.51. The second-order valence-electron chi connectivity index (χ2n) is 4.23. The fourth-order valence-electron chi connectivity index (χ4n) is 1.88. The maximum atomic E-state index is 5.54. The Morgan fingerprint density at radius 3 is 2.76 bits per heavy atom. The number of nitrogens with zero attached hydrogens (tertiary/aromatic N) is 1. The number of thiazole rings is 1. The summed E-state index contributed by atoms with van der Waals surface area (Å²) in [5, 5.41) is 6.49. The smallest absolute Gasteiger partial charge is 0.183 e. The highest BCUT2D eigenvalue weighted by Crippen LogP contribution is 2.26. The third-order valence-electron chi connectivity index (χ3n) is 2.80. The Kier molecular flexibility index (Phi) is 3.52. The van der Waals surface area contributed by atoms with Crippen molar-refractivity contribution in [3.63, 3.8) is 0 Å². The van der Waals surface area contributed by atoms with Crippen LogP contribution in [-0.4, -0.2) is 4.98 Å². The molecule has 3 nitrogen and oxygen atoms in total. The highest BCUT2D eigenvalue weighted by molar-refractivity contribution is 7.13. The van der Waals surface area contributed by atoms with E-state index in [1.54, 1.807) is 11.3 Å². The number of nitrogens with one attached hydrogen (secondary N) is 1. The molecule has 2 heterocycles. The van der Waals surface area contributed by atoms with Gasteiger partial charge < -0.3 is 9.73 Å². The van der Waals surface area contributed by atoms with Crippen molar-refractivity contribution in [2.24, 2.45) is 0 Å². The van der Waals surface area contributed by atoms with Crippen molar-refractivity contribution in [1.29, 1.82) is 0 Å². The number of hydrogen-bond donors (Lipinski definition) is 1. The van der Waals surface area contributed by atoms with Crippen LogP contribution in [0.25, 0.3) is 0 Å². The quantitative estimate of drug-likeness (QED) is 0.888. The molecule has 0 fully saturated rings. The zero-order valence-corrected chi connectivity index (χ0v) is 11.5. The van der Waals surface area contributed by atoms with E-state index in [4.69, 9.17) is 4.42 Å². The lowest BCUT2D eigenvalue weighted by atomic mass is 10.1. The normalized spacial score (nSPS) is 12.7. The molecule has 17 heavy (non-hydrogen) atoms. The van der Waals surface area contributed by atoms with Crippen molar-refractivity contribution >= 4 is 16.5 Å². The van der Waals surface area contributed by atoms with Crippen LogP contribution in [0.5, 0.6) is 0 Å². The highest BCUT2D eigenvalue weighted by atomic mass is 32.1. The molecule has 1 N–H and O–H groups in total. The van der Waals surface area contributed by atoms with E-state index < -0.39 is 0 Å². The molecule has 2 aromatic heterocycles. The molecule has 0 aliphatic carbocycles. The predicted molar refractivity (Wildman–Crippen MR) is 71.7 cm³/mol. The molecule has 0 saturated carbocycles. The zero-order valence-electron chi connectivity index (χ0n) is 10.7. The monoisotopic (exact) mass is 250 g/mol. The number of hydrogen-bond acceptors (Lipinski definition) is 4. The van der Waals surface area contributed by atoms with Crippen LogP contribution in [-0.2, 0) is 6.42 Å². The van der Waals surface area contributed by atoms with Crippen molar-refractivity contribution in [3.05, 3.63) is 34.2 Å². The number of aromatic nitrogens is 1. The molecule has 92 valence electrons. The molecule has 1 unspecified atom stereocenters. The second-order valence-corrected chi connectivity index (χ2v) is 5.09. The summed E-state index contributed by atoms with van der Waals surface area (Å²) in [5.74, 6) is 1.94. The van der Waals surface area contributed by atoms with Crippen molar-refractivity contribution in [3.8, 4) is 0 Å². The van der Waals surface area contributed by atoms with Gasteiger partial charge in [0.25, 0.3) is 0 Å². The molecule has 1 atom stereocenters. The first-order valence-corrected chi connectivity index (χ1v) is 6.76. The summed E-state index contributed by atoms with van der Waals surface area (Å²) < 4.78 is 5.54. The van der Waals surface area contributed by atoms with Crippen LogP contribution in [0.2, 0.25) is 0 Å². The van der Waals surface area contributed by atoms with Crippen molar-refractivity contribution in [2.75, 3.05) is 5.32 Å². The Labute approximate surface area is 106 Å². The van der Waals surface area contributed by atoms with Gasteiger partial charge in [0.15, 0.2) is 5.13 Å². The van der Waals surface area contributed by atoms with Gasteiger partial charge in [0.1, 0.15) is 11.5 Å². The second kappa shape index (κ2) is 4.92. The lowest BCUT2D eigenvalue weighted by Gasteiger charge is -2.11. The van der Waals surface area contributed by atoms with Gasteiger partial charge in [-0.15, -0.1) is 11.3 Å². The maximum Gasteiger partial charge on any atom is 0.183 e. The van der Waals surface area contributed by atoms with Gasteiger partial charge in [-0.3, -0.25) is 0 Å². The first-order valence-electron chi connectivity index (χ1n) is 5.88. The Balaban J connectivity index is 2.11. The van der Waals surface area contributed by atoms with Gasteiger partial charge in [-0.1, -0.05) is 6.92 Å². The Hall–Kier alpha value is -1.29. The maximum absolute atomic E-state index is 5.54. The van der Waals surface area contributed by atoms with Crippen molar-refractivity contribution in [1.82, 2.24) is 4.98 Å². The van der Waals surface area contributed by atoms with Gasteiger partial charge >= 0.3 is 0 Å². The van der Waals surface area contributed by atoms with Crippen molar-refractivity contribution in [2.45, 2.75) is 40.2 Å². The van der Waals surface area contributed by atoms with Gasteiger partial charge in [0.2, 0.25) is 0 Å². The Morgan fingerprint density at radius 1 is 1.47 bits per heavy atom. The van der Waals surface area contributed by atoms with Gasteiger partial charge in [-0.2, -0.15) is 0 Å². The number of rotatable bonds is 4. The van der Waals surface area contributed by atoms with Crippen LogP contribution >= 0.6 is 11.3 Å². The molecule has 4 heteroatoms. The van der Waals surface area contributed by atoms with E-state index in [0.717, 1.165) is 28.8 Å². The number of furan rings is 1. The lowest BCUT2D eigenvalue weighted by molar-refractivity contribution is 0.500. The van der Waals surface area contributed by atoms with Gasteiger partial charge in [-0.25, -0.2) is 4.98 Å². The fraction of sp³-hybridized carbons (Fsp3) is 0.462.